The average Bonchev–Trinajstić information content (AvgIpc) is 2.44. The number of hydrogen-bond donors (Lipinski definition) is 2. The van der Waals surface area contributed by atoms with Crippen molar-refractivity contribution in [2.24, 2.45) is 11.3 Å². The van der Waals surface area contributed by atoms with E-state index in [1.54, 1.807) is 0 Å². The zero-order valence-corrected chi connectivity index (χ0v) is 13.0. The lowest BCUT2D eigenvalue weighted by atomic mass is 9.81. The minimum absolute atomic E-state index is 0.0671. The maximum Gasteiger partial charge on any atom is 0.251 e. The quantitative estimate of drug-likeness (QED) is 0.886. The van der Waals surface area contributed by atoms with E-state index in [1.807, 2.05) is 12.1 Å². The Hall–Kier alpha value is -1.35. The smallest absolute Gasteiger partial charge is 0.251 e. The number of carbonyl (C=O) groups excluding carboxylic acids is 1. The molecule has 0 aliphatic carbocycles. The van der Waals surface area contributed by atoms with E-state index in [9.17, 15) is 4.79 Å². The Morgan fingerprint density at radius 3 is 2.85 bits per heavy atom. The number of rotatable bonds is 4. The molecule has 2 rings (SSSR count). The van der Waals surface area contributed by atoms with Crippen LogP contribution in [-0.2, 0) is 13.0 Å². The van der Waals surface area contributed by atoms with Crippen molar-refractivity contribution in [3.05, 3.63) is 34.9 Å². The van der Waals surface area contributed by atoms with Gasteiger partial charge in [0, 0.05) is 18.7 Å². The Balaban J connectivity index is 2.10. The second-order valence-electron chi connectivity index (χ2n) is 6.70. The van der Waals surface area contributed by atoms with Crippen LogP contribution in [-0.4, -0.2) is 19.0 Å². The number of fused-ring (bicyclic) bond motifs is 1. The predicted octanol–water partition coefficient (Wildman–Crippen LogP) is 2.74. The van der Waals surface area contributed by atoms with E-state index in [2.05, 4.69) is 44.4 Å². The van der Waals surface area contributed by atoms with Gasteiger partial charge in [-0.1, -0.05) is 39.8 Å². The topological polar surface area (TPSA) is 41.1 Å². The normalized spacial score (nSPS) is 15.1. The monoisotopic (exact) mass is 274 g/mol. The largest absolute Gasteiger partial charge is 0.351 e. The van der Waals surface area contributed by atoms with Crippen LogP contribution < -0.4 is 10.6 Å². The third kappa shape index (κ3) is 3.21. The van der Waals surface area contributed by atoms with E-state index in [1.165, 1.54) is 11.1 Å². The summed E-state index contributed by atoms with van der Waals surface area (Å²) in [5.41, 5.74) is 3.44. The van der Waals surface area contributed by atoms with Crippen molar-refractivity contribution in [2.75, 3.05) is 13.1 Å². The first-order valence-corrected chi connectivity index (χ1v) is 7.51. The highest BCUT2D eigenvalue weighted by atomic mass is 16.1. The lowest BCUT2D eigenvalue weighted by Crippen LogP contribution is -2.37. The number of amides is 1. The number of carbonyl (C=O) groups is 1. The van der Waals surface area contributed by atoms with Gasteiger partial charge in [-0.3, -0.25) is 4.79 Å². The standard InChI is InChI=1S/C17H26N2O/c1-12(2)17(3,4)11-19-16(20)15-7-5-6-13-10-18-9-8-14(13)15/h5-7,12,18H,8-11H2,1-4H3,(H,19,20). The first-order chi connectivity index (χ1) is 9.42. The van der Waals surface area contributed by atoms with Gasteiger partial charge < -0.3 is 10.6 Å². The summed E-state index contributed by atoms with van der Waals surface area (Å²) in [5.74, 6) is 0.606. The fourth-order valence-electron chi connectivity index (χ4n) is 2.35. The molecule has 2 N–H and O–H groups in total. The molecular weight excluding hydrogens is 248 g/mol. The van der Waals surface area contributed by atoms with Crippen LogP contribution in [0.1, 0.15) is 49.2 Å². The van der Waals surface area contributed by atoms with E-state index in [-0.39, 0.29) is 11.3 Å². The van der Waals surface area contributed by atoms with Crippen molar-refractivity contribution in [1.29, 1.82) is 0 Å². The van der Waals surface area contributed by atoms with Crippen molar-refractivity contribution >= 4 is 5.91 Å². The summed E-state index contributed by atoms with van der Waals surface area (Å²) >= 11 is 0. The fourth-order valence-corrected chi connectivity index (χ4v) is 2.35. The van der Waals surface area contributed by atoms with Crippen molar-refractivity contribution in [2.45, 2.75) is 40.7 Å². The van der Waals surface area contributed by atoms with Crippen molar-refractivity contribution < 1.29 is 4.79 Å². The molecule has 0 spiro atoms. The highest BCUT2D eigenvalue weighted by molar-refractivity contribution is 5.96. The van der Waals surface area contributed by atoms with E-state index in [4.69, 9.17) is 0 Å². The Kier molecular flexibility index (Phi) is 4.48. The second-order valence-corrected chi connectivity index (χ2v) is 6.70. The van der Waals surface area contributed by atoms with Crippen LogP contribution in [0.2, 0.25) is 0 Å². The third-order valence-electron chi connectivity index (χ3n) is 4.65. The number of nitrogens with one attached hydrogen (secondary N) is 2. The molecule has 1 aliphatic rings. The Morgan fingerprint density at radius 1 is 1.40 bits per heavy atom. The van der Waals surface area contributed by atoms with Crippen molar-refractivity contribution in [3.63, 3.8) is 0 Å². The van der Waals surface area contributed by atoms with Gasteiger partial charge in [-0.25, -0.2) is 0 Å². The number of hydrogen-bond acceptors (Lipinski definition) is 2. The predicted molar refractivity (Wildman–Crippen MR) is 82.8 cm³/mol. The van der Waals surface area contributed by atoms with E-state index >= 15 is 0 Å². The molecule has 0 saturated carbocycles. The highest BCUT2D eigenvalue weighted by Gasteiger charge is 2.24. The fraction of sp³-hybridized carbons (Fsp3) is 0.588. The van der Waals surface area contributed by atoms with Crippen molar-refractivity contribution in [1.82, 2.24) is 10.6 Å². The minimum atomic E-state index is 0.0671. The third-order valence-corrected chi connectivity index (χ3v) is 4.65. The van der Waals surface area contributed by atoms with Gasteiger partial charge in [0.25, 0.3) is 5.91 Å². The first kappa shape index (κ1) is 15.0. The summed E-state index contributed by atoms with van der Waals surface area (Å²) in [5, 5.41) is 6.46. The van der Waals surface area contributed by atoms with Crippen LogP contribution >= 0.6 is 0 Å². The van der Waals surface area contributed by atoms with Gasteiger partial charge in [-0.2, -0.15) is 0 Å². The van der Waals surface area contributed by atoms with Gasteiger partial charge in [0.2, 0.25) is 0 Å². The van der Waals surface area contributed by atoms with Crippen LogP contribution in [0, 0.1) is 11.3 Å². The zero-order valence-electron chi connectivity index (χ0n) is 13.0. The molecule has 3 heteroatoms. The van der Waals surface area contributed by atoms with Crippen molar-refractivity contribution in [3.8, 4) is 0 Å². The molecular formula is C17H26N2O. The van der Waals surface area contributed by atoms with E-state index in [0.717, 1.165) is 25.1 Å². The van der Waals surface area contributed by atoms with Crippen LogP contribution in [0.25, 0.3) is 0 Å². The molecule has 0 fully saturated rings. The van der Waals surface area contributed by atoms with E-state index < -0.39 is 0 Å². The summed E-state index contributed by atoms with van der Waals surface area (Å²) in [6.45, 7) is 11.3. The molecule has 110 valence electrons. The second kappa shape index (κ2) is 5.96. The Morgan fingerprint density at radius 2 is 2.15 bits per heavy atom. The van der Waals surface area contributed by atoms with Gasteiger partial charge in [0.05, 0.1) is 0 Å². The first-order valence-electron chi connectivity index (χ1n) is 7.51. The lowest BCUT2D eigenvalue weighted by Gasteiger charge is -2.29. The molecule has 1 heterocycles. The Labute approximate surface area is 122 Å². The zero-order chi connectivity index (χ0) is 14.8. The van der Waals surface area contributed by atoms with Gasteiger partial charge in [-0.15, -0.1) is 0 Å². The van der Waals surface area contributed by atoms with Crippen LogP contribution in [0.5, 0.6) is 0 Å². The maximum atomic E-state index is 12.5. The lowest BCUT2D eigenvalue weighted by molar-refractivity contribution is 0.0923. The van der Waals surface area contributed by atoms with Gasteiger partial charge >= 0.3 is 0 Å². The minimum Gasteiger partial charge on any atom is -0.351 e. The SMILES string of the molecule is CC(C)C(C)(C)CNC(=O)c1cccc2c1CCNC2. The average molecular weight is 274 g/mol. The molecule has 0 aromatic heterocycles. The molecule has 0 atom stereocenters. The van der Waals surface area contributed by atoms with E-state index in [0.29, 0.717) is 12.5 Å². The molecule has 1 amide bonds. The molecule has 1 aromatic carbocycles. The molecule has 3 nitrogen and oxygen atoms in total. The summed E-state index contributed by atoms with van der Waals surface area (Å²) in [6, 6.07) is 6.03. The molecule has 0 unspecified atom stereocenters. The summed E-state index contributed by atoms with van der Waals surface area (Å²) in [7, 11) is 0. The molecule has 0 radical (unpaired) electrons. The van der Waals surface area contributed by atoms with Crippen LogP contribution in [0.4, 0.5) is 0 Å². The maximum absolute atomic E-state index is 12.5. The van der Waals surface area contributed by atoms with Gasteiger partial charge in [0.1, 0.15) is 0 Å². The highest BCUT2D eigenvalue weighted by Crippen LogP contribution is 2.25. The molecule has 1 aliphatic heterocycles. The summed E-state index contributed by atoms with van der Waals surface area (Å²) in [4.78, 5) is 12.5. The molecule has 0 bridgehead atoms. The number of benzene rings is 1. The van der Waals surface area contributed by atoms with Gasteiger partial charge in [-0.05, 0) is 41.5 Å². The molecule has 20 heavy (non-hydrogen) atoms. The summed E-state index contributed by atoms with van der Waals surface area (Å²) < 4.78 is 0. The van der Waals surface area contributed by atoms with Crippen LogP contribution in [0.3, 0.4) is 0 Å². The molecule has 1 aromatic rings. The Bertz CT molecular complexity index is 492. The molecule has 0 saturated heterocycles. The summed E-state index contributed by atoms with van der Waals surface area (Å²) in [6.07, 6.45) is 0.937. The van der Waals surface area contributed by atoms with Gasteiger partial charge in [0.15, 0.2) is 0 Å². The van der Waals surface area contributed by atoms with Crippen LogP contribution in [0.15, 0.2) is 18.2 Å².